The van der Waals surface area contributed by atoms with Gasteiger partial charge in [0.2, 0.25) is 11.8 Å². The van der Waals surface area contributed by atoms with Crippen LogP contribution in [0, 0.1) is 0 Å². The van der Waals surface area contributed by atoms with Crippen LogP contribution in [0.4, 0.5) is 5.69 Å². The summed E-state index contributed by atoms with van der Waals surface area (Å²) in [6.07, 6.45) is 0.362. The summed E-state index contributed by atoms with van der Waals surface area (Å²) in [6, 6.07) is 3.56. The highest BCUT2D eigenvalue weighted by atomic mass is 79.9. The van der Waals surface area contributed by atoms with Gasteiger partial charge in [-0.2, -0.15) is 0 Å². The third kappa shape index (κ3) is 2.15. The molecule has 1 aromatic heterocycles. The predicted octanol–water partition coefficient (Wildman–Crippen LogP) is 2.20. The number of halogens is 2. The summed E-state index contributed by atoms with van der Waals surface area (Å²) in [4.78, 5) is 17.4. The van der Waals surface area contributed by atoms with E-state index in [-0.39, 0.29) is 11.3 Å². The number of ether oxygens (including phenoxy) is 1. The van der Waals surface area contributed by atoms with Crippen LogP contribution in [0.15, 0.2) is 16.7 Å². The summed E-state index contributed by atoms with van der Waals surface area (Å²) in [6.45, 7) is 0.500. The number of anilines is 1. The fourth-order valence-corrected chi connectivity index (χ4v) is 2.23. The van der Waals surface area contributed by atoms with Crippen molar-refractivity contribution in [3.05, 3.63) is 16.7 Å². The van der Waals surface area contributed by atoms with Gasteiger partial charge in [-0.15, -0.1) is 11.6 Å². The molecule has 4 nitrogen and oxygen atoms in total. The van der Waals surface area contributed by atoms with Crippen molar-refractivity contribution in [2.45, 2.75) is 11.8 Å². The zero-order valence-corrected chi connectivity index (χ0v) is 11.0. The first-order chi connectivity index (χ1) is 7.61. The zero-order chi connectivity index (χ0) is 11.7. The lowest BCUT2D eigenvalue weighted by Crippen LogP contribution is -2.25. The van der Waals surface area contributed by atoms with Crippen molar-refractivity contribution in [3.8, 4) is 5.88 Å². The predicted molar refractivity (Wildman–Crippen MR) is 65.1 cm³/mol. The minimum absolute atomic E-state index is 0.00224. The van der Waals surface area contributed by atoms with Crippen molar-refractivity contribution in [2.75, 3.05) is 18.6 Å². The van der Waals surface area contributed by atoms with Gasteiger partial charge >= 0.3 is 0 Å². The molecule has 0 bridgehead atoms. The molecule has 1 atom stereocenters. The molecule has 6 heteroatoms. The molecule has 1 aliphatic heterocycles. The standard InChI is InChI=1S/C10H10BrClN2O2/c1-16-10-7(2-3-8(11)13-10)14-5-6(12)4-9(14)15/h2-3,6H,4-5H2,1H3. The van der Waals surface area contributed by atoms with E-state index in [2.05, 4.69) is 20.9 Å². The van der Waals surface area contributed by atoms with Crippen LogP contribution in [0.3, 0.4) is 0 Å². The number of hydrogen-bond donors (Lipinski definition) is 0. The molecule has 1 amide bonds. The van der Waals surface area contributed by atoms with E-state index in [4.69, 9.17) is 16.3 Å². The third-order valence-electron chi connectivity index (χ3n) is 2.37. The lowest BCUT2D eigenvalue weighted by atomic mass is 10.3. The first-order valence-electron chi connectivity index (χ1n) is 4.77. The molecular weight excluding hydrogens is 295 g/mol. The van der Waals surface area contributed by atoms with Gasteiger partial charge in [-0.3, -0.25) is 4.79 Å². The molecule has 0 aromatic carbocycles. The van der Waals surface area contributed by atoms with Gasteiger partial charge in [0.05, 0.1) is 12.5 Å². The second-order valence-electron chi connectivity index (χ2n) is 3.47. The van der Waals surface area contributed by atoms with E-state index in [1.165, 1.54) is 7.11 Å². The SMILES string of the molecule is COc1nc(Br)ccc1N1CC(Cl)CC1=O. The maximum Gasteiger partial charge on any atom is 0.238 e. The molecule has 1 saturated heterocycles. The lowest BCUT2D eigenvalue weighted by molar-refractivity contribution is -0.117. The first kappa shape index (κ1) is 11.7. The Bertz CT molecular complexity index is 427. The Morgan fingerprint density at radius 1 is 1.62 bits per heavy atom. The van der Waals surface area contributed by atoms with Gasteiger partial charge in [0.1, 0.15) is 10.3 Å². The number of amides is 1. The number of rotatable bonds is 2. The van der Waals surface area contributed by atoms with Crippen LogP contribution in [-0.2, 0) is 4.79 Å². The Morgan fingerprint density at radius 2 is 2.38 bits per heavy atom. The molecule has 2 rings (SSSR count). The Kier molecular flexibility index (Phi) is 3.35. The molecular formula is C10H10BrClN2O2. The lowest BCUT2D eigenvalue weighted by Gasteiger charge is -2.18. The fourth-order valence-electron chi connectivity index (χ4n) is 1.66. The normalized spacial score (nSPS) is 20.3. The summed E-state index contributed by atoms with van der Waals surface area (Å²) >= 11 is 9.20. The smallest absolute Gasteiger partial charge is 0.238 e. The highest BCUT2D eigenvalue weighted by Crippen LogP contribution is 2.32. The number of alkyl halides is 1. The van der Waals surface area contributed by atoms with E-state index in [0.29, 0.717) is 29.1 Å². The van der Waals surface area contributed by atoms with Gasteiger partial charge in [-0.05, 0) is 28.1 Å². The monoisotopic (exact) mass is 304 g/mol. The van der Waals surface area contributed by atoms with Crippen molar-refractivity contribution in [2.24, 2.45) is 0 Å². The first-order valence-corrected chi connectivity index (χ1v) is 5.99. The van der Waals surface area contributed by atoms with Crippen molar-refractivity contribution in [3.63, 3.8) is 0 Å². The minimum atomic E-state index is -0.138. The Labute approximate surface area is 107 Å². The molecule has 1 fully saturated rings. The molecule has 0 radical (unpaired) electrons. The molecule has 86 valence electrons. The van der Waals surface area contributed by atoms with Gasteiger partial charge in [-0.25, -0.2) is 4.98 Å². The van der Waals surface area contributed by atoms with E-state index in [1.54, 1.807) is 17.0 Å². The molecule has 1 unspecified atom stereocenters. The average Bonchev–Trinajstić information content (AvgIpc) is 2.57. The molecule has 1 aromatic rings. The molecule has 1 aliphatic rings. The second-order valence-corrected chi connectivity index (χ2v) is 4.90. The Hall–Kier alpha value is -0.810. The summed E-state index contributed by atoms with van der Waals surface area (Å²) in [5, 5.41) is -0.138. The molecule has 0 N–H and O–H groups in total. The highest BCUT2D eigenvalue weighted by molar-refractivity contribution is 9.10. The van der Waals surface area contributed by atoms with Gasteiger partial charge in [0.15, 0.2) is 0 Å². The molecule has 2 heterocycles. The molecule has 0 saturated carbocycles. The summed E-state index contributed by atoms with van der Waals surface area (Å²) in [7, 11) is 1.52. The van der Waals surface area contributed by atoms with E-state index in [9.17, 15) is 4.79 Å². The minimum Gasteiger partial charge on any atom is -0.479 e. The van der Waals surface area contributed by atoms with Gasteiger partial charge < -0.3 is 9.64 Å². The number of pyridine rings is 1. The maximum atomic E-state index is 11.7. The van der Waals surface area contributed by atoms with E-state index in [0.717, 1.165) is 0 Å². The van der Waals surface area contributed by atoms with Crippen LogP contribution in [0.2, 0.25) is 0 Å². The van der Waals surface area contributed by atoms with Gasteiger partial charge in [0, 0.05) is 13.0 Å². The average molecular weight is 306 g/mol. The number of aromatic nitrogens is 1. The summed E-state index contributed by atoms with van der Waals surface area (Å²) in [5.41, 5.74) is 0.666. The number of carbonyl (C=O) groups is 1. The highest BCUT2D eigenvalue weighted by Gasteiger charge is 2.31. The third-order valence-corrected chi connectivity index (χ3v) is 3.10. The number of hydrogen-bond acceptors (Lipinski definition) is 3. The van der Waals surface area contributed by atoms with Crippen LogP contribution in [0.1, 0.15) is 6.42 Å². The Balaban J connectivity index is 2.36. The number of methoxy groups -OCH3 is 1. The summed E-state index contributed by atoms with van der Waals surface area (Å²) < 4.78 is 5.81. The molecule has 16 heavy (non-hydrogen) atoms. The Morgan fingerprint density at radius 3 is 2.94 bits per heavy atom. The second kappa shape index (κ2) is 4.59. The number of carbonyl (C=O) groups excluding carboxylic acids is 1. The summed E-state index contributed by atoms with van der Waals surface area (Å²) in [5.74, 6) is 0.427. The van der Waals surface area contributed by atoms with Crippen LogP contribution in [0.25, 0.3) is 0 Å². The van der Waals surface area contributed by atoms with E-state index in [1.807, 2.05) is 0 Å². The van der Waals surface area contributed by atoms with Crippen molar-refractivity contribution in [1.29, 1.82) is 0 Å². The van der Waals surface area contributed by atoms with Crippen molar-refractivity contribution < 1.29 is 9.53 Å². The van der Waals surface area contributed by atoms with Crippen LogP contribution in [0.5, 0.6) is 5.88 Å². The van der Waals surface area contributed by atoms with Gasteiger partial charge in [0.25, 0.3) is 0 Å². The number of nitrogens with zero attached hydrogens (tertiary/aromatic N) is 2. The van der Waals surface area contributed by atoms with E-state index < -0.39 is 0 Å². The largest absolute Gasteiger partial charge is 0.479 e. The molecule has 0 spiro atoms. The van der Waals surface area contributed by atoms with Crippen LogP contribution >= 0.6 is 27.5 Å². The maximum absolute atomic E-state index is 11.7. The fraction of sp³-hybridized carbons (Fsp3) is 0.400. The topological polar surface area (TPSA) is 42.4 Å². The van der Waals surface area contributed by atoms with Crippen LogP contribution < -0.4 is 9.64 Å². The van der Waals surface area contributed by atoms with Gasteiger partial charge in [-0.1, -0.05) is 0 Å². The quantitative estimate of drug-likeness (QED) is 0.621. The van der Waals surface area contributed by atoms with Crippen LogP contribution in [-0.4, -0.2) is 29.9 Å². The van der Waals surface area contributed by atoms with Crippen molar-refractivity contribution in [1.82, 2.24) is 4.98 Å². The van der Waals surface area contributed by atoms with Crippen molar-refractivity contribution >= 4 is 39.1 Å². The van der Waals surface area contributed by atoms with E-state index >= 15 is 0 Å². The zero-order valence-electron chi connectivity index (χ0n) is 8.61. The molecule has 0 aliphatic carbocycles.